The Bertz CT molecular complexity index is 1620. The maximum absolute atomic E-state index is 13.2. The van der Waals surface area contributed by atoms with Gasteiger partial charge >= 0.3 is 0 Å². The van der Waals surface area contributed by atoms with Crippen LogP contribution in [0.1, 0.15) is 11.9 Å². The maximum atomic E-state index is 13.2. The van der Waals surface area contributed by atoms with Gasteiger partial charge in [0, 0.05) is 16.5 Å². The second kappa shape index (κ2) is 11.6. The van der Waals surface area contributed by atoms with E-state index in [1.807, 2.05) is 103 Å². The van der Waals surface area contributed by atoms with Crippen LogP contribution in [-0.4, -0.2) is 10.1 Å². The van der Waals surface area contributed by atoms with Crippen molar-refractivity contribution in [2.75, 3.05) is 0 Å². The van der Waals surface area contributed by atoms with E-state index in [9.17, 15) is 8.09 Å². The van der Waals surface area contributed by atoms with Crippen LogP contribution < -0.4 is 13.7 Å². The number of halogens is 2. The van der Waals surface area contributed by atoms with Crippen LogP contribution in [0.4, 0.5) is 3.89 Å². The fraction of sp³-hybridized carbons (Fsp3) is 0.0312. The highest BCUT2D eigenvalue weighted by molar-refractivity contribution is 7.91. The van der Waals surface area contributed by atoms with Gasteiger partial charge in [-0.15, -0.1) is 3.89 Å². The van der Waals surface area contributed by atoms with Crippen molar-refractivity contribution >= 4 is 27.7 Å². The summed E-state index contributed by atoms with van der Waals surface area (Å²) >= 11 is 6.01. The normalized spacial score (nSPS) is 13.2. The highest BCUT2D eigenvalue weighted by Gasteiger charge is 2.16. The Morgan fingerprint density at radius 1 is 0.590 bits per heavy atom. The summed E-state index contributed by atoms with van der Waals surface area (Å²) in [5.41, 5.74) is 4.78. The minimum Gasteiger partial charge on any atom is -0.451 e. The molecule has 5 aromatic carbocycles. The van der Waals surface area contributed by atoms with Gasteiger partial charge in [0.2, 0.25) is 0 Å². The van der Waals surface area contributed by atoms with Gasteiger partial charge in [-0.05, 0) is 70.8 Å². The summed E-state index contributed by atoms with van der Waals surface area (Å²) in [4.78, 5) is 0. The van der Waals surface area contributed by atoms with E-state index in [-0.39, 0.29) is 5.75 Å². The summed E-state index contributed by atoms with van der Waals surface area (Å²) in [5.74, 6) is 4.29. The van der Waals surface area contributed by atoms with Crippen LogP contribution in [0.25, 0.3) is 22.3 Å². The van der Waals surface area contributed by atoms with Gasteiger partial charge in [-0.3, -0.25) is 0 Å². The lowest BCUT2D eigenvalue weighted by Crippen LogP contribution is -2.15. The molecule has 0 aliphatic rings. The Kier molecular flexibility index (Phi) is 7.87. The quantitative estimate of drug-likeness (QED) is 0.103. The van der Waals surface area contributed by atoms with Crippen LogP contribution in [0.2, 0.25) is 5.02 Å². The van der Waals surface area contributed by atoms with Crippen molar-refractivity contribution in [1.82, 2.24) is 0 Å². The molecule has 0 aliphatic heterocycles. The van der Waals surface area contributed by atoms with E-state index in [1.54, 1.807) is 24.3 Å². The summed E-state index contributed by atoms with van der Waals surface area (Å²) < 4.78 is 41.5. The van der Waals surface area contributed by atoms with E-state index >= 15 is 0 Å². The van der Waals surface area contributed by atoms with E-state index in [4.69, 9.17) is 25.3 Å². The van der Waals surface area contributed by atoms with Crippen LogP contribution in [0.15, 0.2) is 127 Å². The zero-order chi connectivity index (χ0) is 27.2. The average molecular weight is 559 g/mol. The third-order valence-electron chi connectivity index (χ3n) is 5.85. The largest absolute Gasteiger partial charge is 0.451 e. The molecule has 0 fully saturated rings. The monoisotopic (exact) mass is 558 g/mol. The van der Waals surface area contributed by atoms with Gasteiger partial charge in [0.1, 0.15) is 17.2 Å². The summed E-state index contributed by atoms with van der Waals surface area (Å²) in [5, 5.41) is 0.697. The van der Waals surface area contributed by atoms with Gasteiger partial charge in [0.25, 0.3) is 16.5 Å². The fourth-order valence-electron chi connectivity index (χ4n) is 3.96. The van der Waals surface area contributed by atoms with Crippen molar-refractivity contribution in [1.29, 1.82) is 0 Å². The molecule has 0 aromatic heterocycles. The SMILES string of the molecule is C=S(=O)(F)Oc1ccc(-c2ccc(OC(Oc3ccc(-c4ccc(Cl)cc4)cc3)c3ccccc3)cc2)cc1. The molecule has 0 amide bonds. The highest BCUT2D eigenvalue weighted by Crippen LogP contribution is 2.30. The molecule has 0 spiro atoms. The molecule has 39 heavy (non-hydrogen) atoms. The third kappa shape index (κ3) is 7.19. The van der Waals surface area contributed by atoms with Gasteiger partial charge in [-0.2, -0.15) is 4.21 Å². The fourth-order valence-corrected chi connectivity index (χ4v) is 4.48. The Morgan fingerprint density at radius 3 is 1.38 bits per heavy atom. The molecule has 2 atom stereocenters. The first-order valence-electron chi connectivity index (χ1n) is 12.0. The first-order valence-corrected chi connectivity index (χ1v) is 14.0. The number of hydrogen-bond acceptors (Lipinski definition) is 4. The number of rotatable bonds is 9. The first-order chi connectivity index (χ1) is 18.8. The molecule has 0 heterocycles. The van der Waals surface area contributed by atoms with Crippen LogP contribution >= 0.6 is 11.6 Å². The maximum Gasteiger partial charge on any atom is 0.279 e. The summed E-state index contributed by atoms with van der Waals surface area (Å²) in [7, 11) is -4.07. The Balaban J connectivity index is 1.31. The molecule has 4 nitrogen and oxygen atoms in total. The Labute approximate surface area is 232 Å². The van der Waals surface area contributed by atoms with Gasteiger partial charge in [0.15, 0.2) is 0 Å². The van der Waals surface area contributed by atoms with Crippen molar-refractivity contribution < 1.29 is 21.8 Å². The van der Waals surface area contributed by atoms with Crippen molar-refractivity contribution in [2.45, 2.75) is 6.29 Å². The molecule has 0 N–H and O–H groups in total. The standard InChI is InChI=1S/C32H24ClFO4S/c1-39(34,35)38-31-21-13-26(14-22-31)25-11-19-30(20-12-25)37-32(27-5-3-2-4-6-27)36-29-17-9-24(10-18-29)23-7-15-28(33)16-8-23/h2-22,32H,1H2. The Morgan fingerprint density at radius 2 is 0.974 bits per heavy atom. The van der Waals surface area contributed by atoms with Crippen LogP contribution in [-0.2, 0) is 10.2 Å². The minimum absolute atomic E-state index is 0.144. The molecule has 2 unspecified atom stereocenters. The third-order valence-corrected chi connectivity index (χ3v) is 6.55. The number of ether oxygens (including phenoxy) is 2. The summed E-state index contributed by atoms with van der Waals surface area (Å²) in [6, 6.07) is 39.3. The lowest BCUT2D eigenvalue weighted by Gasteiger charge is -2.21. The molecular formula is C32H24ClFO4S. The molecule has 7 heteroatoms. The van der Waals surface area contributed by atoms with E-state index in [2.05, 4.69) is 5.87 Å². The Hall–Kier alpha value is -4.26. The van der Waals surface area contributed by atoms with Crippen molar-refractivity contribution in [3.63, 3.8) is 0 Å². The molecule has 0 saturated heterocycles. The van der Waals surface area contributed by atoms with Gasteiger partial charge in [-0.1, -0.05) is 90.5 Å². The van der Waals surface area contributed by atoms with Gasteiger partial charge < -0.3 is 13.7 Å². The molecular weight excluding hydrogens is 535 g/mol. The molecule has 5 aromatic rings. The predicted octanol–water partition coefficient (Wildman–Crippen LogP) is 8.73. The lowest BCUT2D eigenvalue weighted by atomic mass is 10.1. The first kappa shape index (κ1) is 26.4. The van der Waals surface area contributed by atoms with Crippen molar-refractivity contribution in [2.24, 2.45) is 0 Å². The van der Waals surface area contributed by atoms with E-state index < -0.39 is 16.5 Å². The van der Waals surface area contributed by atoms with Crippen LogP contribution in [0, 0.1) is 0 Å². The van der Waals surface area contributed by atoms with Crippen LogP contribution in [0.3, 0.4) is 0 Å². The van der Waals surface area contributed by atoms with Gasteiger partial charge in [0.05, 0.1) is 0 Å². The molecule has 0 saturated carbocycles. The summed E-state index contributed by atoms with van der Waals surface area (Å²) in [6.45, 7) is 0. The lowest BCUT2D eigenvalue weighted by molar-refractivity contribution is 0.00383. The molecule has 0 aliphatic carbocycles. The number of hydrogen-bond donors (Lipinski definition) is 0. The zero-order valence-corrected chi connectivity index (χ0v) is 22.3. The minimum atomic E-state index is -4.07. The predicted molar refractivity (Wildman–Crippen MR) is 156 cm³/mol. The second-order valence-electron chi connectivity index (χ2n) is 8.68. The van der Waals surface area contributed by atoms with Crippen molar-refractivity contribution in [3.05, 3.63) is 138 Å². The molecule has 0 bridgehead atoms. The van der Waals surface area contributed by atoms with Crippen LogP contribution in [0.5, 0.6) is 17.2 Å². The van der Waals surface area contributed by atoms with Crippen molar-refractivity contribution in [3.8, 4) is 39.5 Å². The zero-order valence-electron chi connectivity index (χ0n) is 20.7. The molecule has 196 valence electrons. The average Bonchev–Trinajstić information content (AvgIpc) is 2.94. The smallest absolute Gasteiger partial charge is 0.279 e. The second-order valence-corrected chi connectivity index (χ2v) is 10.4. The highest BCUT2D eigenvalue weighted by atomic mass is 35.5. The number of benzene rings is 5. The van der Waals surface area contributed by atoms with Gasteiger partial charge in [-0.25, -0.2) is 0 Å². The summed E-state index contributed by atoms with van der Waals surface area (Å²) in [6.07, 6.45) is -0.673. The molecule has 5 rings (SSSR count). The molecule has 0 radical (unpaired) electrons. The van der Waals surface area contributed by atoms with E-state index in [1.165, 1.54) is 0 Å². The van der Waals surface area contributed by atoms with E-state index in [0.717, 1.165) is 27.8 Å². The topological polar surface area (TPSA) is 44.8 Å². The van der Waals surface area contributed by atoms with E-state index in [0.29, 0.717) is 16.5 Å².